The fourth-order valence-electron chi connectivity index (χ4n) is 3.51. The van der Waals surface area contributed by atoms with Gasteiger partial charge < -0.3 is 5.32 Å². The van der Waals surface area contributed by atoms with E-state index in [1.165, 1.54) is 15.5 Å². The van der Waals surface area contributed by atoms with Gasteiger partial charge in [-0.25, -0.2) is 4.98 Å². The van der Waals surface area contributed by atoms with Crippen molar-refractivity contribution < 1.29 is 4.79 Å². The summed E-state index contributed by atoms with van der Waals surface area (Å²) in [5.41, 5.74) is 2.16. The van der Waals surface area contributed by atoms with E-state index in [-0.39, 0.29) is 11.9 Å². The molecule has 1 amide bonds. The molecule has 0 aliphatic carbocycles. The molecule has 4 rings (SSSR count). The number of nitrogens with one attached hydrogen (secondary N) is 1. The zero-order chi connectivity index (χ0) is 19.5. The van der Waals surface area contributed by atoms with Crippen LogP contribution in [0.2, 0.25) is 0 Å². The number of hydrogen-bond acceptors (Lipinski definition) is 4. The summed E-state index contributed by atoms with van der Waals surface area (Å²) in [7, 11) is 1.95. The first kappa shape index (κ1) is 18.6. The van der Waals surface area contributed by atoms with E-state index in [0.29, 0.717) is 13.1 Å². The molecule has 5 heteroatoms. The first-order chi connectivity index (χ1) is 13.6. The Labute approximate surface area is 168 Å². The molecule has 1 N–H and O–H groups in total. The lowest BCUT2D eigenvalue weighted by Crippen LogP contribution is -2.36. The van der Waals surface area contributed by atoms with Crippen LogP contribution in [0.1, 0.15) is 23.5 Å². The molecule has 0 bridgehead atoms. The molecule has 1 aromatic heterocycles. The van der Waals surface area contributed by atoms with Gasteiger partial charge in [0.05, 0.1) is 29.3 Å². The highest BCUT2D eigenvalue weighted by molar-refractivity contribution is 7.18. The quantitative estimate of drug-likeness (QED) is 0.517. The lowest BCUT2D eigenvalue weighted by Gasteiger charge is -2.19. The second kappa shape index (κ2) is 8.09. The Kier molecular flexibility index (Phi) is 5.37. The van der Waals surface area contributed by atoms with Gasteiger partial charge in [-0.1, -0.05) is 54.6 Å². The average molecular weight is 390 g/mol. The van der Waals surface area contributed by atoms with Crippen LogP contribution in [0.5, 0.6) is 0 Å². The number of nitrogens with zero attached hydrogens (tertiary/aromatic N) is 2. The Balaban J connectivity index is 1.39. The zero-order valence-corrected chi connectivity index (χ0v) is 16.9. The number of amides is 1. The van der Waals surface area contributed by atoms with E-state index in [2.05, 4.69) is 40.6 Å². The number of rotatable bonds is 6. The van der Waals surface area contributed by atoms with E-state index < -0.39 is 0 Å². The molecule has 4 nitrogen and oxygen atoms in total. The smallest absolute Gasteiger partial charge is 0.234 e. The molecule has 28 heavy (non-hydrogen) atoms. The van der Waals surface area contributed by atoms with Gasteiger partial charge in [0, 0.05) is 0 Å². The summed E-state index contributed by atoms with van der Waals surface area (Å²) in [6.07, 6.45) is 0. The summed E-state index contributed by atoms with van der Waals surface area (Å²) in [6.45, 7) is 3.04. The standard InChI is InChI=1S/C23H23N3OS/c1-16(18-11-7-9-17-8-3-4-10-19(17)18)24-22(27)14-26(2)15-23-25-20-12-5-6-13-21(20)28-23/h3-13,16H,14-15H2,1-2H3,(H,24,27). The molecule has 3 aromatic carbocycles. The van der Waals surface area contributed by atoms with Crippen molar-refractivity contribution in [2.75, 3.05) is 13.6 Å². The Morgan fingerprint density at radius 2 is 1.82 bits per heavy atom. The summed E-state index contributed by atoms with van der Waals surface area (Å²) in [4.78, 5) is 19.2. The molecule has 0 saturated heterocycles. The molecule has 0 spiro atoms. The minimum atomic E-state index is -0.0468. The lowest BCUT2D eigenvalue weighted by molar-refractivity contribution is -0.122. The van der Waals surface area contributed by atoms with Gasteiger partial charge in [-0.3, -0.25) is 9.69 Å². The lowest BCUT2D eigenvalue weighted by atomic mass is 10.00. The third kappa shape index (κ3) is 4.06. The number of fused-ring (bicyclic) bond motifs is 2. The van der Waals surface area contributed by atoms with E-state index in [0.717, 1.165) is 16.1 Å². The number of para-hydroxylation sites is 1. The van der Waals surface area contributed by atoms with Gasteiger partial charge in [-0.05, 0) is 42.4 Å². The van der Waals surface area contributed by atoms with Gasteiger partial charge in [-0.2, -0.15) is 0 Å². The molecular weight excluding hydrogens is 366 g/mol. The largest absolute Gasteiger partial charge is 0.348 e. The predicted molar refractivity (Wildman–Crippen MR) is 116 cm³/mol. The summed E-state index contributed by atoms with van der Waals surface area (Å²) < 4.78 is 1.18. The van der Waals surface area contributed by atoms with Crippen LogP contribution in [-0.2, 0) is 11.3 Å². The third-order valence-corrected chi connectivity index (χ3v) is 5.85. The molecule has 1 atom stereocenters. The fourth-order valence-corrected chi connectivity index (χ4v) is 4.56. The number of hydrogen-bond donors (Lipinski definition) is 1. The van der Waals surface area contributed by atoms with Gasteiger partial charge in [-0.15, -0.1) is 11.3 Å². The van der Waals surface area contributed by atoms with Crippen LogP contribution in [0.3, 0.4) is 0 Å². The van der Waals surface area contributed by atoms with Crippen molar-refractivity contribution in [1.29, 1.82) is 0 Å². The van der Waals surface area contributed by atoms with Gasteiger partial charge in [0.15, 0.2) is 0 Å². The molecule has 4 aromatic rings. The van der Waals surface area contributed by atoms with Crippen molar-refractivity contribution in [3.63, 3.8) is 0 Å². The molecule has 1 unspecified atom stereocenters. The van der Waals surface area contributed by atoms with Gasteiger partial charge >= 0.3 is 0 Å². The molecule has 142 valence electrons. The summed E-state index contributed by atoms with van der Waals surface area (Å²) >= 11 is 1.68. The first-order valence-electron chi connectivity index (χ1n) is 9.40. The highest BCUT2D eigenvalue weighted by atomic mass is 32.1. The second-order valence-corrected chi connectivity index (χ2v) is 8.22. The molecule has 0 fully saturated rings. The van der Waals surface area contributed by atoms with E-state index in [9.17, 15) is 4.79 Å². The Bertz CT molecular complexity index is 1080. The van der Waals surface area contributed by atoms with Crippen LogP contribution in [0.4, 0.5) is 0 Å². The van der Waals surface area contributed by atoms with Crippen molar-refractivity contribution in [3.05, 3.63) is 77.3 Å². The normalized spacial score (nSPS) is 12.5. The second-order valence-electron chi connectivity index (χ2n) is 7.11. The fraction of sp³-hybridized carbons (Fsp3) is 0.217. The minimum absolute atomic E-state index is 0.0176. The van der Waals surface area contributed by atoms with Crippen LogP contribution >= 0.6 is 11.3 Å². The number of carbonyl (C=O) groups excluding carboxylic acids is 1. The molecule has 0 radical (unpaired) electrons. The zero-order valence-electron chi connectivity index (χ0n) is 16.1. The summed E-state index contributed by atoms with van der Waals surface area (Å²) in [5, 5.41) is 6.53. The van der Waals surface area contributed by atoms with Gasteiger partial charge in [0.25, 0.3) is 0 Å². The van der Waals surface area contributed by atoms with Crippen LogP contribution in [0, 0.1) is 0 Å². The van der Waals surface area contributed by atoms with Crippen molar-refractivity contribution in [2.45, 2.75) is 19.5 Å². The van der Waals surface area contributed by atoms with Crippen LogP contribution < -0.4 is 5.32 Å². The molecular formula is C23H23N3OS. The Morgan fingerprint density at radius 3 is 2.68 bits per heavy atom. The van der Waals surface area contributed by atoms with Gasteiger partial charge in [0.2, 0.25) is 5.91 Å². The topological polar surface area (TPSA) is 45.2 Å². The van der Waals surface area contributed by atoms with Crippen LogP contribution in [0.15, 0.2) is 66.7 Å². The number of benzene rings is 3. The van der Waals surface area contributed by atoms with Crippen molar-refractivity contribution in [3.8, 4) is 0 Å². The number of thiazole rings is 1. The third-order valence-electron chi connectivity index (χ3n) is 4.82. The average Bonchev–Trinajstić information content (AvgIpc) is 3.09. The van der Waals surface area contributed by atoms with E-state index in [1.54, 1.807) is 11.3 Å². The van der Waals surface area contributed by atoms with E-state index in [4.69, 9.17) is 0 Å². The highest BCUT2D eigenvalue weighted by Gasteiger charge is 2.15. The van der Waals surface area contributed by atoms with E-state index in [1.807, 2.05) is 55.3 Å². The predicted octanol–water partition coefficient (Wildman–Crippen LogP) is 4.76. The van der Waals surface area contributed by atoms with Crippen LogP contribution in [-0.4, -0.2) is 29.4 Å². The van der Waals surface area contributed by atoms with Gasteiger partial charge in [0.1, 0.15) is 5.01 Å². The SMILES string of the molecule is CC(NC(=O)CN(C)Cc1nc2ccccc2s1)c1cccc2ccccc12. The van der Waals surface area contributed by atoms with Crippen LogP contribution in [0.25, 0.3) is 21.0 Å². The van der Waals surface area contributed by atoms with Crippen molar-refractivity contribution in [2.24, 2.45) is 0 Å². The Hall–Kier alpha value is -2.76. The first-order valence-corrected chi connectivity index (χ1v) is 10.2. The molecule has 1 heterocycles. The highest BCUT2D eigenvalue weighted by Crippen LogP contribution is 2.24. The molecule has 0 aliphatic heterocycles. The Morgan fingerprint density at radius 1 is 1.07 bits per heavy atom. The maximum absolute atomic E-state index is 12.6. The minimum Gasteiger partial charge on any atom is -0.348 e. The number of likely N-dealkylation sites (N-methyl/N-ethyl adjacent to an activating group) is 1. The summed E-state index contributed by atoms with van der Waals surface area (Å²) in [5.74, 6) is 0.0176. The molecule has 0 saturated carbocycles. The maximum Gasteiger partial charge on any atom is 0.234 e. The number of carbonyl (C=O) groups is 1. The van der Waals surface area contributed by atoms with E-state index >= 15 is 0 Å². The number of aromatic nitrogens is 1. The molecule has 0 aliphatic rings. The monoisotopic (exact) mass is 389 g/mol. The van der Waals surface area contributed by atoms with Crippen molar-refractivity contribution >= 4 is 38.2 Å². The van der Waals surface area contributed by atoms with Crippen molar-refractivity contribution in [1.82, 2.24) is 15.2 Å². The maximum atomic E-state index is 12.6. The summed E-state index contributed by atoms with van der Waals surface area (Å²) in [6, 6.07) is 22.6.